The SMILES string of the molecule is O=C(O)C(O)(c1ccccc1)c1ccccc1.c1c[nH]cn1. The van der Waals surface area contributed by atoms with Gasteiger partial charge in [-0.25, -0.2) is 9.78 Å². The van der Waals surface area contributed by atoms with Gasteiger partial charge in [0, 0.05) is 12.4 Å². The summed E-state index contributed by atoms with van der Waals surface area (Å²) in [6.07, 6.45) is 5.08. The number of aromatic amines is 1. The first-order chi connectivity index (χ1) is 10.7. The van der Waals surface area contributed by atoms with Gasteiger partial charge in [-0.2, -0.15) is 0 Å². The minimum atomic E-state index is -2.00. The molecule has 1 heterocycles. The van der Waals surface area contributed by atoms with Gasteiger partial charge in [0.2, 0.25) is 5.60 Å². The minimum absolute atomic E-state index is 0.346. The van der Waals surface area contributed by atoms with E-state index in [-0.39, 0.29) is 0 Å². The Morgan fingerprint density at radius 3 is 1.73 bits per heavy atom. The number of hydrogen-bond donors (Lipinski definition) is 3. The van der Waals surface area contributed by atoms with Crippen LogP contribution in [0.25, 0.3) is 0 Å². The monoisotopic (exact) mass is 296 g/mol. The summed E-state index contributed by atoms with van der Waals surface area (Å²) in [7, 11) is 0. The smallest absolute Gasteiger partial charge is 0.345 e. The molecule has 0 aliphatic rings. The first-order valence-electron chi connectivity index (χ1n) is 6.65. The van der Waals surface area contributed by atoms with Gasteiger partial charge in [0.05, 0.1) is 6.33 Å². The molecule has 1 aromatic heterocycles. The molecule has 0 saturated carbocycles. The Balaban J connectivity index is 0.000000299. The van der Waals surface area contributed by atoms with Crippen LogP contribution in [0.15, 0.2) is 79.4 Å². The van der Waals surface area contributed by atoms with Crippen molar-refractivity contribution in [2.24, 2.45) is 0 Å². The van der Waals surface area contributed by atoms with E-state index < -0.39 is 11.6 Å². The molecule has 0 fully saturated rings. The van der Waals surface area contributed by atoms with Crippen molar-refractivity contribution in [3.05, 3.63) is 90.5 Å². The Morgan fingerprint density at radius 1 is 0.955 bits per heavy atom. The fourth-order valence-corrected chi connectivity index (χ4v) is 1.99. The van der Waals surface area contributed by atoms with Gasteiger partial charge in [0.1, 0.15) is 0 Å². The molecule has 0 aliphatic heterocycles. The number of carboxylic acids is 1. The van der Waals surface area contributed by atoms with Gasteiger partial charge in [0.15, 0.2) is 0 Å². The number of benzene rings is 2. The van der Waals surface area contributed by atoms with Gasteiger partial charge in [-0.3, -0.25) is 0 Å². The van der Waals surface area contributed by atoms with Crippen LogP contribution in [0.3, 0.4) is 0 Å². The maximum atomic E-state index is 11.4. The van der Waals surface area contributed by atoms with Crippen molar-refractivity contribution in [2.45, 2.75) is 5.60 Å². The van der Waals surface area contributed by atoms with Gasteiger partial charge in [0.25, 0.3) is 0 Å². The Bertz CT molecular complexity index is 626. The zero-order chi connectivity index (χ0) is 15.8. The summed E-state index contributed by atoms with van der Waals surface area (Å²) < 4.78 is 0. The molecule has 0 atom stereocenters. The number of nitrogens with zero attached hydrogens (tertiary/aromatic N) is 1. The Kier molecular flexibility index (Phi) is 5.06. The van der Waals surface area contributed by atoms with E-state index in [0.717, 1.165) is 0 Å². The lowest BCUT2D eigenvalue weighted by Crippen LogP contribution is -2.36. The van der Waals surface area contributed by atoms with Crippen LogP contribution in [0.5, 0.6) is 0 Å². The second-order valence-corrected chi connectivity index (χ2v) is 4.51. The van der Waals surface area contributed by atoms with Gasteiger partial charge in [-0.15, -0.1) is 0 Å². The molecule has 3 aromatic rings. The lowest BCUT2D eigenvalue weighted by Gasteiger charge is -2.24. The van der Waals surface area contributed by atoms with Crippen molar-refractivity contribution in [2.75, 3.05) is 0 Å². The molecule has 22 heavy (non-hydrogen) atoms. The van der Waals surface area contributed by atoms with E-state index in [4.69, 9.17) is 0 Å². The Labute approximate surface area is 127 Å². The van der Waals surface area contributed by atoms with E-state index in [9.17, 15) is 15.0 Å². The highest BCUT2D eigenvalue weighted by Crippen LogP contribution is 2.29. The molecule has 0 aliphatic carbocycles. The standard InChI is InChI=1S/C14H12O3.C3H4N2/c15-13(16)14(17,11-7-3-1-4-8-11)12-9-5-2-6-10-12;1-2-5-3-4-1/h1-10,17H,(H,15,16);1-3H,(H,4,5). The van der Waals surface area contributed by atoms with Crippen LogP contribution in [0.1, 0.15) is 11.1 Å². The van der Waals surface area contributed by atoms with E-state index in [2.05, 4.69) is 9.97 Å². The summed E-state index contributed by atoms with van der Waals surface area (Å²) in [6.45, 7) is 0. The first-order valence-corrected chi connectivity index (χ1v) is 6.65. The fraction of sp³-hybridized carbons (Fsp3) is 0.0588. The van der Waals surface area contributed by atoms with E-state index >= 15 is 0 Å². The highest BCUT2D eigenvalue weighted by Gasteiger charge is 2.39. The van der Waals surface area contributed by atoms with Crippen LogP contribution < -0.4 is 0 Å². The van der Waals surface area contributed by atoms with Crippen LogP contribution in [-0.2, 0) is 10.4 Å². The number of carboxylic acid groups (broad SMARTS) is 1. The third kappa shape index (κ3) is 3.39. The van der Waals surface area contributed by atoms with Crippen molar-refractivity contribution < 1.29 is 15.0 Å². The number of imidazole rings is 1. The molecular weight excluding hydrogens is 280 g/mol. The number of hydrogen-bond acceptors (Lipinski definition) is 3. The van der Waals surface area contributed by atoms with Gasteiger partial charge in [-0.05, 0) is 11.1 Å². The number of aliphatic carboxylic acids is 1. The molecule has 0 spiro atoms. The lowest BCUT2D eigenvalue weighted by molar-refractivity contribution is -0.155. The molecule has 5 heteroatoms. The lowest BCUT2D eigenvalue weighted by atomic mass is 9.86. The number of rotatable bonds is 3. The summed E-state index contributed by atoms with van der Waals surface area (Å²) in [5, 5.41) is 19.7. The highest BCUT2D eigenvalue weighted by atomic mass is 16.4. The third-order valence-electron chi connectivity index (χ3n) is 3.10. The predicted octanol–water partition coefficient (Wildman–Crippen LogP) is 2.42. The number of nitrogens with one attached hydrogen (secondary N) is 1. The van der Waals surface area contributed by atoms with Crippen LogP contribution in [0.2, 0.25) is 0 Å². The number of aromatic nitrogens is 2. The maximum Gasteiger partial charge on any atom is 0.345 e. The molecule has 0 saturated heterocycles. The largest absolute Gasteiger partial charge is 0.479 e. The molecule has 5 nitrogen and oxygen atoms in total. The number of aliphatic hydroxyl groups is 1. The van der Waals surface area contributed by atoms with E-state index in [0.29, 0.717) is 11.1 Å². The van der Waals surface area contributed by atoms with Crippen LogP contribution in [0.4, 0.5) is 0 Å². The molecule has 3 rings (SSSR count). The van der Waals surface area contributed by atoms with Crippen molar-refractivity contribution in [3.63, 3.8) is 0 Å². The normalized spacial score (nSPS) is 10.4. The summed E-state index contributed by atoms with van der Waals surface area (Å²) >= 11 is 0. The van der Waals surface area contributed by atoms with Gasteiger partial charge < -0.3 is 15.2 Å². The van der Waals surface area contributed by atoms with E-state index in [1.165, 1.54) is 0 Å². The van der Waals surface area contributed by atoms with Crippen molar-refractivity contribution in [1.82, 2.24) is 9.97 Å². The van der Waals surface area contributed by atoms with Gasteiger partial charge in [-0.1, -0.05) is 60.7 Å². The van der Waals surface area contributed by atoms with E-state index in [1.807, 2.05) is 0 Å². The molecule has 0 bridgehead atoms. The fourth-order valence-electron chi connectivity index (χ4n) is 1.99. The second-order valence-electron chi connectivity index (χ2n) is 4.51. The zero-order valence-electron chi connectivity index (χ0n) is 11.8. The maximum absolute atomic E-state index is 11.4. The molecule has 0 unspecified atom stereocenters. The Hall–Kier alpha value is -2.92. The summed E-state index contributed by atoms with van der Waals surface area (Å²) in [5.74, 6) is -1.28. The quantitative estimate of drug-likeness (QED) is 0.693. The summed E-state index contributed by atoms with van der Waals surface area (Å²) in [4.78, 5) is 17.8. The van der Waals surface area contributed by atoms with Crippen LogP contribution in [-0.4, -0.2) is 26.2 Å². The minimum Gasteiger partial charge on any atom is -0.479 e. The van der Waals surface area contributed by atoms with Crippen molar-refractivity contribution >= 4 is 5.97 Å². The Morgan fingerprint density at radius 2 is 1.45 bits per heavy atom. The van der Waals surface area contributed by atoms with E-state index in [1.54, 1.807) is 79.4 Å². The zero-order valence-corrected chi connectivity index (χ0v) is 11.8. The molecule has 2 aromatic carbocycles. The topological polar surface area (TPSA) is 86.2 Å². The average molecular weight is 296 g/mol. The van der Waals surface area contributed by atoms with Crippen molar-refractivity contribution in [1.29, 1.82) is 0 Å². The van der Waals surface area contributed by atoms with Crippen LogP contribution >= 0.6 is 0 Å². The predicted molar refractivity (Wildman–Crippen MR) is 82.1 cm³/mol. The van der Waals surface area contributed by atoms with Crippen molar-refractivity contribution in [3.8, 4) is 0 Å². The molecule has 112 valence electrons. The average Bonchev–Trinajstić information content (AvgIpc) is 3.15. The van der Waals surface area contributed by atoms with Gasteiger partial charge >= 0.3 is 5.97 Å². The first kappa shape index (κ1) is 15.5. The molecule has 3 N–H and O–H groups in total. The molecule has 0 radical (unpaired) electrons. The molecular formula is C17H16N2O3. The summed E-state index contributed by atoms with van der Waals surface area (Å²) in [6, 6.07) is 16.7. The number of H-pyrrole nitrogens is 1. The van der Waals surface area contributed by atoms with Crippen LogP contribution in [0, 0.1) is 0 Å². The summed E-state index contributed by atoms with van der Waals surface area (Å²) in [5.41, 5.74) is -1.31. The number of carbonyl (C=O) groups is 1. The second kappa shape index (κ2) is 7.19. The highest BCUT2D eigenvalue weighted by molar-refractivity contribution is 5.83. The molecule has 0 amide bonds. The third-order valence-corrected chi connectivity index (χ3v) is 3.10.